The molecule has 1 N–H and O–H groups in total. The average molecular weight is 253 g/mol. The summed E-state index contributed by atoms with van der Waals surface area (Å²) in [5.74, 6) is 1.33. The van der Waals surface area contributed by atoms with E-state index < -0.39 is 0 Å². The van der Waals surface area contributed by atoms with Crippen LogP contribution in [0.5, 0.6) is 0 Å². The Labute approximate surface area is 112 Å². The molecule has 0 amide bonds. The van der Waals surface area contributed by atoms with E-state index in [1.54, 1.807) is 0 Å². The third kappa shape index (κ3) is 4.21. The van der Waals surface area contributed by atoms with Crippen LogP contribution in [0.4, 0.5) is 0 Å². The number of hydrogen-bond donors (Lipinski definition) is 1. The summed E-state index contributed by atoms with van der Waals surface area (Å²) in [4.78, 5) is 4.67. The fourth-order valence-electron chi connectivity index (χ4n) is 2.82. The summed E-state index contributed by atoms with van der Waals surface area (Å²) in [6, 6.07) is 0. The van der Waals surface area contributed by atoms with Crippen LogP contribution in [0.2, 0.25) is 0 Å². The van der Waals surface area contributed by atoms with Gasteiger partial charge >= 0.3 is 0 Å². The van der Waals surface area contributed by atoms with Gasteiger partial charge in [-0.25, -0.2) is 4.99 Å². The van der Waals surface area contributed by atoms with Crippen LogP contribution >= 0.6 is 0 Å². The molecule has 0 aromatic carbocycles. The second-order valence-corrected chi connectivity index (χ2v) is 5.17. The van der Waals surface area contributed by atoms with E-state index in [0.717, 1.165) is 43.5 Å². The highest BCUT2D eigenvalue weighted by Gasteiger charge is 2.35. The molecule has 1 rings (SSSR count). The Morgan fingerprint density at radius 3 is 2.78 bits per heavy atom. The number of nitrogens with zero attached hydrogens (tertiary/aromatic N) is 2. The van der Waals surface area contributed by atoms with E-state index in [0.29, 0.717) is 0 Å². The fourth-order valence-corrected chi connectivity index (χ4v) is 2.82. The van der Waals surface area contributed by atoms with E-state index >= 15 is 0 Å². The lowest BCUT2D eigenvalue weighted by atomic mass is 10.1. The summed E-state index contributed by atoms with van der Waals surface area (Å²) < 4.78 is 0.934. The number of likely N-dealkylation sites (N-methyl/N-ethyl adjacent to an activating group) is 1. The molecule has 0 fully saturated rings. The Bertz CT molecular complexity index is 276. The maximum absolute atomic E-state index is 9.23. The second kappa shape index (κ2) is 8.44. The van der Waals surface area contributed by atoms with Crippen molar-refractivity contribution in [3.8, 4) is 0 Å². The summed E-state index contributed by atoms with van der Waals surface area (Å²) in [7, 11) is 0. The van der Waals surface area contributed by atoms with Gasteiger partial charge in [-0.05, 0) is 26.2 Å². The molecule has 1 aliphatic heterocycles. The van der Waals surface area contributed by atoms with E-state index in [2.05, 4.69) is 18.5 Å². The van der Waals surface area contributed by atoms with Crippen LogP contribution in [-0.2, 0) is 0 Å². The molecule has 3 nitrogen and oxygen atoms in total. The van der Waals surface area contributed by atoms with Gasteiger partial charge in [0.2, 0.25) is 0 Å². The third-order valence-electron chi connectivity index (χ3n) is 4.06. The van der Waals surface area contributed by atoms with Crippen molar-refractivity contribution in [3.63, 3.8) is 0 Å². The van der Waals surface area contributed by atoms with Gasteiger partial charge in [0.15, 0.2) is 5.84 Å². The molecular formula is C15H29N2O+. The highest BCUT2D eigenvalue weighted by Crippen LogP contribution is 2.19. The predicted molar refractivity (Wildman–Crippen MR) is 77.8 cm³/mol. The lowest BCUT2D eigenvalue weighted by molar-refractivity contribution is -0.835. The molecule has 1 atom stereocenters. The SMILES string of the molecule is C=CCCCCCCC1=NCC[N+]1(CC)CCO. The molecule has 0 saturated heterocycles. The molecule has 0 bridgehead atoms. The molecule has 3 heteroatoms. The van der Waals surface area contributed by atoms with E-state index in [9.17, 15) is 5.11 Å². The maximum atomic E-state index is 9.23. The fraction of sp³-hybridized carbons (Fsp3) is 0.800. The van der Waals surface area contributed by atoms with Crippen molar-refractivity contribution < 1.29 is 9.59 Å². The Morgan fingerprint density at radius 2 is 2.11 bits per heavy atom. The van der Waals surface area contributed by atoms with Crippen molar-refractivity contribution in [2.75, 3.05) is 32.8 Å². The zero-order valence-electron chi connectivity index (χ0n) is 11.9. The van der Waals surface area contributed by atoms with Gasteiger partial charge in [-0.3, -0.25) is 4.48 Å². The van der Waals surface area contributed by atoms with E-state index in [4.69, 9.17) is 0 Å². The minimum atomic E-state index is 0.270. The largest absolute Gasteiger partial charge is 0.390 e. The first kappa shape index (κ1) is 15.4. The molecule has 18 heavy (non-hydrogen) atoms. The number of amidine groups is 1. The summed E-state index contributed by atoms with van der Waals surface area (Å²) in [6.07, 6.45) is 9.34. The highest BCUT2D eigenvalue weighted by molar-refractivity contribution is 5.76. The normalized spacial score (nSPS) is 23.1. The van der Waals surface area contributed by atoms with Crippen molar-refractivity contribution in [1.82, 2.24) is 0 Å². The maximum Gasteiger partial charge on any atom is 0.198 e. The topological polar surface area (TPSA) is 32.6 Å². The van der Waals surface area contributed by atoms with Crippen LogP contribution in [0, 0.1) is 0 Å². The molecule has 0 spiro atoms. The first-order valence-electron chi connectivity index (χ1n) is 7.41. The zero-order chi connectivity index (χ0) is 13.3. The van der Waals surface area contributed by atoms with E-state index in [-0.39, 0.29) is 6.61 Å². The highest BCUT2D eigenvalue weighted by atomic mass is 16.3. The molecule has 0 saturated carbocycles. The van der Waals surface area contributed by atoms with Crippen LogP contribution in [0.15, 0.2) is 17.6 Å². The van der Waals surface area contributed by atoms with Crippen molar-refractivity contribution >= 4 is 5.84 Å². The molecule has 1 aliphatic rings. The summed E-state index contributed by atoms with van der Waals surface area (Å²) in [5.41, 5.74) is 0. The first-order chi connectivity index (χ1) is 8.79. The monoisotopic (exact) mass is 253 g/mol. The summed E-state index contributed by atoms with van der Waals surface area (Å²) >= 11 is 0. The molecule has 1 heterocycles. The number of aliphatic hydroxyl groups excluding tert-OH is 1. The molecule has 0 radical (unpaired) electrons. The molecule has 0 aromatic heterocycles. The van der Waals surface area contributed by atoms with Crippen LogP contribution in [0.25, 0.3) is 0 Å². The Hall–Kier alpha value is -0.670. The van der Waals surface area contributed by atoms with Crippen LogP contribution in [0.3, 0.4) is 0 Å². The van der Waals surface area contributed by atoms with Gasteiger partial charge in [0, 0.05) is 6.42 Å². The second-order valence-electron chi connectivity index (χ2n) is 5.17. The minimum Gasteiger partial charge on any atom is -0.390 e. The molecule has 104 valence electrons. The minimum absolute atomic E-state index is 0.270. The molecule has 1 unspecified atom stereocenters. The van der Waals surface area contributed by atoms with Crippen LogP contribution in [0.1, 0.15) is 45.4 Å². The van der Waals surface area contributed by atoms with Gasteiger partial charge < -0.3 is 5.11 Å². The molecule has 0 aromatic rings. The molecule has 0 aliphatic carbocycles. The summed E-state index contributed by atoms with van der Waals surface area (Å²) in [6.45, 7) is 10.2. The quantitative estimate of drug-likeness (QED) is 0.362. The van der Waals surface area contributed by atoms with Gasteiger partial charge in [0.05, 0.1) is 19.7 Å². The van der Waals surface area contributed by atoms with Crippen LogP contribution in [-0.4, -0.2) is 48.2 Å². The van der Waals surface area contributed by atoms with Crippen molar-refractivity contribution in [2.24, 2.45) is 4.99 Å². The van der Waals surface area contributed by atoms with Gasteiger partial charge in [-0.2, -0.15) is 0 Å². The van der Waals surface area contributed by atoms with Crippen molar-refractivity contribution in [3.05, 3.63) is 12.7 Å². The first-order valence-corrected chi connectivity index (χ1v) is 7.41. The van der Waals surface area contributed by atoms with Gasteiger partial charge in [0.1, 0.15) is 13.1 Å². The zero-order valence-corrected chi connectivity index (χ0v) is 11.9. The number of aliphatic hydroxyl groups is 1. The van der Waals surface area contributed by atoms with E-state index in [1.807, 2.05) is 6.08 Å². The van der Waals surface area contributed by atoms with Crippen LogP contribution < -0.4 is 0 Å². The number of aliphatic imine (C=N–C) groups is 1. The Morgan fingerprint density at radius 1 is 1.33 bits per heavy atom. The van der Waals surface area contributed by atoms with Crippen molar-refractivity contribution in [1.29, 1.82) is 0 Å². The predicted octanol–water partition coefficient (Wildman–Crippen LogP) is 2.75. The number of rotatable bonds is 10. The number of allylic oxidation sites excluding steroid dienone is 1. The standard InChI is InChI=1S/C15H29N2O/c1-3-5-6-7-8-9-10-15-16-11-12-17(15,4-2)13-14-18/h3,18H,1,4-14H2,2H3/q+1. The lowest BCUT2D eigenvalue weighted by Gasteiger charge is -2.33. The number of hydrogen-bond acceptors (Lipinski definition) is 2. The Kier molecular flexibility index (Phi) is 7.21. The Balaban J connectivity index is 2.29. The van der Waals surface area contributed by atoms with Gasteiger partial charge in [0.25, 0.3) is 0 Å². The number of unbranched alkanes of at least 4 members (excludes halogenated alkanes) is 4. The summed E-state index contributed by atoms with van der Waals surface area (Å²) in [5, 5.41) is 9.23. The molecular weight excluding hydrogens is 224 g/mol. The van der Waals surface area contributed by atoms with Crippen molar-refractivity contribution in [2.45, 2.75) is 45.4 Å². The smallest absolute Gasteiger partial charge is 0.198 e. The third-order valence-corrected chi connectivity index (χ3v) is 4.06. The number of quaternary nitrogens is 1. The van der Waals surface area contributed by atoms with Gasteiger partial charge in [-0.15, -0.1) is 6.58 Å². The average Bonchev–Trinajstić information content (AvgIpc) is 2.78. The van der Waals surface area contributed by atoms with E-state index in [1.165, 1.54) is 31.5 Å². The lowest BCUT2D eigenvalue weighted by Crippen LogP contribution is -2.52. The van der Waals surface area contributed by atoms with Gasteiger partial charge in [-0.1, -0.05) is 18.9 Å².